The van der Waals surface area contributed by atoms with E-state index in [1.807, 2.05) is 0 Å². The second-order valence-corrected chi connectivity index (χ2v) is 6.40. The van der Waals surface area contributed by atoms with Gasteiger partial charge in [0.25, 0.3) is 5.91 Å². The standard InChI is InChI=1S/C22H16N4O5/c1-30-20-13-17-16(12-18(20)26(28)29)19(9-11-23-17)31-15-7-5-14(6-8-15)22(27)25-21-4-2-3-10-24-21/h2-13H,1H3,(H,24,25,27). The summed E-state index contributed by atoms with van der Waals surface area (Å²) >= 11 is 0. The summed E-state index contributed by atoms with van der Waals surface area (Å²) in [6.07, 6.45) is 3.13. The molecule has 0 aliphatic carbocycles. The van der Waals surface area contributed by atoms with Gasteiger partial charge in [-0.25, -0.2) is 4.98 Å². The van der Waals surface area contributed by atoms with E-state index >= 15 is 0 Å². The number of hydrogen-bond acceptors (Lipinski definition) is 7. The van der Waals surface area contributed by atoms with Gasteiger partial charge >= 0.3 is 5.69 Å². The van der Waals surface area contributed by atoms with Gasteiger partial charge in [-0.05, 0) is 42.5 Å². The number of anilines is 1. The molecule has 9 nitrogen and oxygen atoms in total. The molecular formula is C22H16N4O5. The molecule has 0 saturated carbocycles. The maximum absolute atomic E-state index is 12.3. The highest BCUT2D eigenvalue weighted by Gasteiger charge is 2.18. The summed E-state index contributed by atoms with van der Waals surface area (Å²) < 4.78 is 11.0. The molecular weight excluding hydrogens is 400 g/mol. The molecule has 0 fully saturated rings. The maximum Gasteiger partial charge on any atom is 0.311 e. The van der Waals surface area contributed by atoms with E-state index in [0.29, 0.717) is 33.8 Å². The molecule has 4 rings (SSSR count). The lowest BCUT2D eigenvalue weighted by Gasteiger charge is -2.10. The largest absolute Gasteiger partial charge is 0.490 e. The average molecular weight is 416 g/mol. The number of amides is 1. The lowest BCUT2D eigenvalue weighted by molar-refractivity contribution is -0.385. The summed E-state index contributed by atoms with van der Waals surface area (Å²) in [5.41, 5.74) is 0.735. The quantitative estimate of drug-likeness (QED) is 0.361. The molecule has 1 N–H and O–H groups in total. The van der Waals surface area contributed by atoms with Crippen LogP contribution in [0.1, 0.15) is 10.4 Å². The molecule has 0 bridgehead atoms. The Morgan fingerprint density at radius 1 is 1.00 bits per heavy atom. The highest BCUT2D eigenvalue weighted by atomic mass is 16.6. The number of benzene rings is 2. The van der Waals surface area contributed by atoms with Crippen molar-refractivity contribution >= 4 is 28.3 Å². The molecule has 0 spiro atoms. The number of carbonyl (C=O) groups is 1. The van der Waals surface area contributed by atoms with Crippen LogP contribution >= 0.6 is 0 Å². The van der Waals surface area contributed by atoms with Crippen molar-refractivity contribution in [2.75, 3.05) is 12.4 Å². The summed E-state index contributed by atoms with van der Waals surface area (Å²) in [6.45, 7) is 0. The van der Waals surface area contributed by atoms with Crippen LogP contribution in [0.2, 0.25) is 0 Å². The summed E-state index contributed by atoms with van der Waals surface area (Å²) in [5, 5.41) is 14.5. The number of rotatable bonds is 6. The normalized spacial score (nSPS) is 10.5. The molecule has 1 amide bonds. The van der Waals surface area contributed by atoms with Gasteiger partial charge in [0, 0.05) is 30.1 Å². The van der Waals surface area contributed by atoms with Crippen LogP contribution in [0.3, 0.4) is 0 Å². The van der Waals surface area contributed by atoms with Gasteiger partial charge in [-0.15, -0.1) is 0 Å². The first kappa shape index (κ1) is 19.8. The van der Waals surface area contributed by atoms with Gasteiger partial charge in [0.2, 0.25) is 0 Å². The van der Waals surface area contributed by atoms with Gasteiger partial charge in [-0.1, -0.05) is 6.07 Å². The molecule has 0 aliphatic heterocycles. The number of nitro benzene ring substituents is 1. The number of pyridine rings is 2. The molecule has 2 aromatic carbocycles. The predicted octanol–water partition coefficient (Wildman–Crippen LogP) is 4.59. The molecule has 0 radical (unpaired) electrons. The molecule has 31 heavy (non-hydrogen) atoms. The Hall–Kier alpha value is -4.53. The third-order valence-electron chi connectivity index (χ3n) is 4.45. The first-order chi connectivity index (χ1) is 15.0. The minimum absolute atomic E-state index is 0.116. The Bertz CT molecular complexity index is 1260. The van der Waals surface area contributed by atoms with Crippen LogP contribution in [0, 0.1) is 10.1 Å². The van der Waals surface area contributed by atoms with Crippen molar-refractivity contribution in [3.63, 3.8) is 0 Å². The highest BCUT2D eigenvalue weighted by molar-refractivity contribution is 6.03. The fourth-order valence-corrected chi connectivity index (χ4v) is 2.96. The van der Waals surface area contributed by atoms with Crippen molar-refractivity contribution < 1.29 is 19.2 Å². The Labute approximate surface area is 176 Å². The van der Waals surface area contributed by atoms with Crippen molar-refractivity contribution in [1.29, 1.82) is 0 Å². The van der Waals surface area contributed by atoms with Crippen LogP contribution in [0.5, 0.6) is 17.2 Å². The fourth-order valence-electron chi connectivity index (χ4n) is 2.96. The predicted molar refractivity (Wildman–Crippen MR) is 114 cm³/mol. The zero-order valence-corrected chi connectivity index (χ0v) is 16.3. The first-order valence-electron chi connectivity index (χ1n) is 9.16. The van der Waals surface area contributed by atoms with E-state index in [9.17, 15) is 14.9 Å². The van der Waals surface area contributed by atoms with Gasteiger partial charge in [-0.3, -0.25) is 19.9 Å². The van der Waals surface area contributed by atoms with Gasteiger partial charge in [-0.2, -0.15) is 0 Å². The van der Waals surface area contributed by atoms with Gasteiger partial charge in [0.15, 0.2) is 5.75 Å². The van der Waals surface area contributed by atoms with Crippen LogP contribution < -0.4 is 14.8 Å². The van der Waals surface area contributed by atoms with Gasteiger partial charge in [0.05, 0.1) is 22.9 Å². The number of nitrogens with one attached hydrogen (secondary N) is 1. The number of hydrogen-bond donors (Lipinski definition) is 1. The molecule has 2 heterocycles. The van der Waals surface area contributed by atoms with E-state index in [4.69, 9.17) is 9.47 Å². The summed E-state index contributed by atoms with van der Waals surface area (Å²) in [4.78, 5) is 31.5. The zero-order chi connectivity index (χ0) is 21.8. The molecule has 4 aromatic rings. The highest BCUT2D eigenvalue weighted by Crippen LogP contribution is 2.36. The van der Waals surface area contributed by atoms with E-state index < -0.39 is 4.92 Å². The van der Waals surface area contributed by atoms with E-state index in [1.54, 1.807) is 54.7 Å². The van der Waals surface area contributed by atoms with Crippen LogP contribution in [-0.4, -0.2) is 27.9 Å². The summed E-state index contributed by atoms with van der Waals surface area (Å²) in [5.74, 6) is 1.11. The van der Waals surface area contributed by atoms with Crippen LogP contribution in [0.15, 0.2) is 73.1 Å². The summed E-state index contributed by atoms with van der Waals surface area (Å²) in [6, 6.07) is 16.2. The van der Waals surface area contributed by atoms with E-state index in [1.165, 1.54) is 25.4 Å². The van der Waals surface area contributed by atoms with Crippen LogP contribution in [-0.2, 0) is 0 Å². The van der Waals surface area contributed by atoms with E-state index in [-0.39, 0.29) is 17.3 Å². The van der Waals surface area contributed by atoms with Crippen molar-refractivity contribution in [2.45, 2.75) is 0 Å². The Kier molecular flexibility index (Phi) is 5.39. The number of nitro groups is 1. The van der Waals surface area contributed by atoms with Crippen LogP contribution in [0.4, 0.5) is 11.5 Å². The zero-order valence-electron chi connectivity index (χ0n) is 16.3. The lowest BCUT2D eigenvalue weighted by Crippen LogP contribution is -2.12. The maximum atomic E-state index is 12.3. The number of carbonyl (C=O) groups excluding carboxylic acids is 1. The van der Waals surface area contributed by atoms with E-state index in [0.717, 1.165) is 0 Å². The number of methoxy groups -OCH3 is 1. The monoisotopic (exact) mass is 416 g/mol. The first-order valence-corrected chi connectivity index (χ1v) is 9.16. The smallest absolute Gasteiger partial charge is 0.311 e. The Balaban J connectivity index is 1.58. The van der Waals surface area contributed by atoms with Crippen molar-refractivity contribution in [2.24, 2.45) is 0 Å². The fraction of sp³-hybridized carbons (Fsp3) is 0.0455. The molecule has 0 unspecified atom stereocenters. The van der Waals surface area contributed by atoms with Crippen molar-refractivity contribution in [3.05, 3.63) is 88.7 Å². The molecule has 2 aromatic heterocycles. The van der Waals surface area contributed by atoms with Crippen molar-refractivity contribution in [1.82, 2.24) is 9.97 Å². The van der Waals surface area contributed by atoms with Gasteiger partial charge < -0.3 is 14.8 Å². The molecule has 0 atom stereocenters. The topological polar surface area (TPSA) is 116 Å². The number of fused-ring (bicyclic) bond motifs is 1. The number of nitrogens with zero attached hydrogens (tertiary/aromatic N) is 3. The minimum Gasteiger partial charge on any atom is -0.490 e. The number of aromatic nitrogens is 2. The second-order valence-electron chi connectivity index (χ2n) is 6.40. The molecule has 9 heteroatoms. The molecule has 154 valence electrons. The lowest BCUT2D eigenvalue weighted by atomic mass is 10.1. The third-order valence-corrected chi connectivity index (χ3v) is 4.45. The second kappa shape index (κ2) is 8.46. The van der Waals surface area contributed by atoms with Crippen molar-refractivity contribution in [3.8, 4) is 17.2 Å². The Morgan fingerprint density at radius 3 is 2.48 bits per heavy atom. The molecule has 0 aliphatic rings. The van der Waals surface area contributed by atoms with Gasteiger partial charge in [0.1, 0.15) is 17.3 Å². The summed E-state index contributed by atoms with van der Waals surface area (Å²) in [7, 11) is 1.36. The Morgan fingerprint density at radius 2 is 1.81 bits per heavy atom. The molecule has 0 saturated heterocycles. The van der Waals surface area contributed by atoms with E-state index in [2.05, 4.69) is 15.3 Å². The number of ether oxygens (including phenoxy) is 2. The SMILES string of the molecule is COc1cc2nccc(Oc3ccc(C(=O)Nc4ccccn4)cc3)c2cc1[N+](=O)[O-]. The van der Waals surface area contributed by atoms with Crippen LogP contribution in [0.25, 0.3) is 10.9 Å². The third kappa shape index (κ3) is 4.25. The average Bonchev–Trinajstić information content (AvgIpc) is 2.79. The minimum atomic E-state index is -0.524.